The van der Waals surface area contributed by atoms with Gasteiger partial charge in [0, 0.05) is 31.3 Å². The molecule has 1 amide bonds. The van der Waals surface area contributed by atoms with Crippen molar-refractivity contribution in [1.29, 1.82) is 5.26 Å². The minimum Gasteiger partial charge on any atom is -0.474 e. The molecule has 3 heterocycles. The zero-order valence-corrected chi connectivity index (χ0v) is 20.7. The van der Waals surface area contributed by atoms with Crippen LogP contribution in [0.4, 0.5) is 18.9 Å². The molecule has 2 fully saturated rings. The van der Waals surface area contributed by atoms with Gasteiger partial charge >= 0.3 is 6.18 Å². The van der Waals surface area contributed by atoms with E-state index >= 15 is 0 Å². The summed E-state index contributed by atoms with van der Waals surface area (Å²) >= 11 is 0. The summed E-state index contributed by atoms with van der Waals surface area (Å²) < 4.78 is 51.9. The van der Waals surface area contributed by atoms with Crippen molar-refractivity contribution in [1.82, 2.24) is 20.5 Å². The second-order valence-corrected chi connectivity index (χ2v) is 9.43. The first-order valence-corrected chi connectivity index (χ1v) is 12.6. The average Bonchev–Trinajstić information content (AvgIpc) is 3.36. The maximum absolute atomic E-state index is 13.5. The number of nitrogens with one attached hydrogen (secondary N) is 2. The lowest BCUT2D eigenvalue weighted by Crippen LogP contribution is -2.40. The third-order valence-corrected chi connectivity index (χ3v) is 6.78. The summed E-state index contributed by atoms with van der Waals surface area (Å²) in [4.78, 5) is 29.8. The van der Waals surface area contributed by atoms with Gasteiger partial charge in [0.2, 0.25) is 11.8 Å². The third-order valence-electron chi connectivity index (χ3n) is 6.78. The molecule has 2 aromatic heterocycles. The molecule has 4 rings (SSSR count). The summed E-state index contributed by atoms with van der Waals surface area (Å²) in [6.45, 7) is 0.637. The van der Waals surface area contributed by atoms with E-state index in [2.05, 4.69) is 15.4 Å². The van der Waals surface area contributed by atoms with Crippen LogP contribution in [0.2, 0.25) is 0 Å². The van der Waals surface area contributed by atoms with Crippen LogP contribution < -0.4 is 20.5 Å². The molecule has 13 heteroatoms. The van der Waals surface area contributed by atoms with Gasteiger partial charge in [-0.3, -0.25) is 9.59 Å². The standard InChI is InChI=1S/C25H29F3N6O4/c26-25(27,28)23-20(14-31-33-24(23)36)34-10-1-2-18(34)15-37-11-9-21(35)32-17-4-6-19(7-5-17)38-22-8-3-16(12-29)13-30-22/h3,8,13-14,17-19H,1-2,4-7,9-11,15H2,(H,32,35)(H,33,36)/t17?,18-,19?/m0/s1. The topological polar surface area (TPSA) is 133 Å². The second-order valence-electron chi connectivity index (χ2n) is 9.43. The van der Waals surface area contributed by atoms with Gasteiger partial charge in [0.05, 0.1) is 36.7 Å². The molecule has 2 aromatic rings. The van der Waals surface area contributed by atoms with Crippen molar-refractivity contribution in [3.05, 3.63) is 46.0 Å². The fraction of sp³-hybridized carbons (Fsp3) is 0.560. The molecule has 0 radical (unpaired) electrons. The van der Waals surface area contributed by atoms with Gasteiger partial charge in [0.25, 0.3) is 5.56 Å². The van der Waals surface area contributed by atoms with Crippen LogP contribution in [0.25, 0.3) is 0 Å². The Labute approximate surface area is 217 Å². The van der Waals surface area contributed by atoms with E-state index in [0.29, 0.717) is 30.8 Å². The van der Waals surface area contributed by atoms with Gasteiger partial charge in [-0.05, 0) is 44.6 Å². The van der Waals surface area contributed by atoms with Crippen LogP contribution in [0.1, 0.15) is 56.1 Å². The number of H-pyrrole nitrogens is 1. The van der Waals surface area contributed by atoms with Crippen LogP contribution in [0.3, 0.4) is 0 Å². The SMILES string of the molecule is N#Cc1ccc(OC2CCC(NC(=O)CCOC[C@@H]3CCCN3c3cn[nH]c(=O)c3C(F)(F)F)CC2)nc1. The van der Waals surface area contributed by atoms with E-state index in [4.69, 9.17) is 14.7 Å². The number of halogens is 3. The summed E-state index contributed by atoms with van der Waals surface area (Å²) in [6, 6.07) is 5.02. The minimum atomic E-state index is -4.80. The van der Waals surface area contributed by atoms with E-state index in [1.54, 1.807) is 12.1 Å². The number of aromatic amines is 1. The predicted octanol–water partition coefficient (Wildman–Crippen LogP) is 2.94. The number of carbonyl (C=O) groups excluding carboxylic acids is 1. The Bertz CT molecular complexity index is 1190. The van der Waals surface area contributed by atoms with Crippen molar-refractivity contribution in [3.63, 3.8) is 0 Å². The van der Waals surface area contributed by atoms with Crippen molar-refractivity contribution in [2.75, 3.05) is 24.7 Å². The van der Waals surface area contributed by atoms with Crippen LogP contribution in [-0.4, -0.2) is 59.0 Å². The first kappa shape index (κ1) is 27.4. The Morgan fingerprint density at radius 1 is 1.21 bits per heavy atom. The van der Waals surface area contributed by atoms with Gasteiger partial charge < -0.3 is 19.7 Å². The van der Waals surface area contributed by atoms with Crippen molar-refractivity contribution >= 4 is 11.6 Å². The number of anilines is 1. The van der Waals surface area contributed by atoms with Crippen LogP contribution in [0.15, 0.2) is 29.3 Å². The molecule has 38 heavy (non-hydrogen) atoms. The Hall–Kier alpha value is -3.66. The molecule has 1 saturated carbocycles. The predicted molar refractivity (Wildman–Crippen MR) is 129 cm³/mol. The van der Waals surface area contributed by atoms with Crippen LogP contribution >= 0.6 is 0 Å². The Balaban J connectivity index is 1.17. The third kappa shape index (κ3) is 7.00. The number of hydrogen-bond acceptors (Lipinski definition) is 8. The number of nitriles is 1. The normalized spacial score (nSPS) is 21.6. The second kappa shape index (κ2) is 12.3. The zero-order valence-electron chi connectivity index (χ0n) is 20.7. The summed E-state index contributed by atoms with van der Waals surface area (Å²) in [5.41, 5.74) is -2.31. The summed E-state index contributed by atoms with van der Waals surface area (Å²) in [7, 11) is 0. The first-order valence-electron chi connectivity index (χ1n) is 12.6. The first-order chi connectivity index (χ1) is 18.2. The van der Waals surface area contributed by atoms with Crippen molar-refractivity contribution in [2.24, 2.45) is 0 Å². The summed E-state index contributed by atoms with van der Waals surface area (Å²) in [5, 5.41) is 17.2. The fourth-order valence-corrected chi connectivity index (χ4v) is 4.90. The minimum absolute atomic E-state index is 0.00506. The Kier molecular flexibility index (Phi) is 8.83. The van der Waals surface area contributed by atoms with Gasteiger partial charge in [-0.15, -0.1) is 0 Å². The molecule has 1 aliphatic heterocycles. The highest BCUT2D eigenvalue weighted by atomic mass is 19.4. The van der Waals surface area contributed by atoms with E-state index in [-0.39, 0.29) is 49.4 Å². The molecule has 0 aromatic carbocycles. The molecule has 1 atom stereocenters. The number of carbonyl (C=O) groups is 1. The number of aromatic nitrogens is 3. The van der Waals surface area contributed by atoms with Gasteiger partial charge in [-0.2, -0.15) is 23.5 Å². The average molecular weight is 535 g/mol. The zero-order chi connectivity index (χ0) is 27.1. The van der Waals surface area contributed by atoms with E-state index in [0.717, 1.165) is 31.9 Å². The Morgan fingerprint density at radius 3 is 2.68 bits per heavy atom. The van der Waals surface area contributed by atoms with Gasteiger partial charge in [0.15, 0.2) is 0 Å². The lowest BCUT2D eigenvalue weighted by molar-refractivity contribution is -0.138. The highest BCUT2D eigenvalue weighted by Gasteiger charge is 2.40. The number of hydrogen-bond donors (Lipinski definition) is 2. The van der Waals surface area contributed by atoms with Gasteiger partial charge in [0.1, 0.15) is 17.7 Å². The quantitative estimate of drug-likeness (QED) is 0.469. The van der Waals surface area contributed by atoms with Gasteiger partial charge in [-0.1, -0.05) is 0 Å². The van der Waals surface area contributed by atoms with E-state index in [9.17, 15) is 22.8 Å². The Morgan fingerprint density at radius 2 is 2.00 bits per heavy atom. The van der Waals surface area contributed by atoms with Crippen molar-refractivity contribution in [3.8, 4) is 11.9 Å². The lowest BCUT2D eigenvalue weighted by Gasteiger charge is -2.29. The largest absolute Gasteiger partial charge is 0.474 e. The highest BCUT2D eigenvalue weighted by molar-refractivity contribution is 5.76. The number of alkyl halides is 3. The molecule has 1 aliphatic carbocycles. The molecule has 10 nitrogen and oxygen atoms in total. The molecule has 1 saturated heterocycles. The fourth-order valence-electron chi connectivity index (χ4n) is 4.90. The molecule has 0 spiro atoms. The number of nitrogens with zero attached hydrogens (tertiary/aromatic N) is 4. The molecule has 204 valence electrons. The molecular formula is C25H29F3N6O4. The van der Waals surface area contributed by atoms with E-state index in [1.165, 1.54) is 11.1 Å². The molecule has 0 bridgehead atoms. The number of amides is 1. The van der Waals surface area contributed by atoms with E-state index in [1.807, 2.05) is 11.2 Å². The molecule has 0 unspecified atom stereocenters. The highest BCUT2D eigenvalue weighted by Crippen LogP contribution is 2.36. The van der Waals surface area contributed by atoms with Crippen molar-refractivity contribution < 1.29 is 27.4 Å². The number of pyridine rings is 1. The molecule has 2 aliphatic rings. The molecular weight excluding hydrogens is 505 g/mol. The number of rotatable bonds is 9. The monoisotopic (exact) mass is 534 g/mol. The lowest BCUT2D eigenvalue weighted by atomic mass is 9.93. The van der Waals surface area contributed by atoms with Gasteiger partial charge in [-0.25, -0.2) is 10.1 Å². The van der Waals surface area contributed by atoms with Crippen LogP contribution in [0.5, 0.6) is 5.88 Å². The van der Waals surface area contributed by atoms with Crippen LogP contribution in [-0.2, 0) is 15.7 Å². The van der Waals surface area contributed by atoms with E-state index < -0.39 is 17.3 Å². The maximum atomic E-state index is 13.5. The van der Waals surface area contributed by atoms with Crippen LogP contribution in [0, 0.1) is 11.3 Å². The summed E-state index contributed by atoms with van der Waals surface area (Å²) in [6.07, 6.45) is 2.13. The smallest absolute Gasteiger partial charge is 0.423 e. The maximum Gasteiger partial charge on any atom is 0.423 e. The summed E-state index contributed by atoms with van der Waals surface area (Å²) in [5.74, 6) is 0.323. The number of ether oxygens (including phenoxy) is 2. The van der Waals surface area contributed by atoms with Crippen molar-refractivity contribution in [2.45, 2.75) is 69.3 Å². The molecule has 2 N–H and O–H groups in total.